The Bertz CT molecular complexity index is 13.5. The fourth-order valence-corrected chi connectivity index (χ4v) is 0. The molecule has 0 atom stereocenters. The van der Waals surface area contributed by atoms with Gasteiger partial charge in [-0.3, -0.25) is 0 Å². The molecule has 0 radical (unpaired) electrons. The smallest absolute Gasteiger partial charge is 1.00 e. The molecule has 0 saturated heterocycles. The van der Waals surface area contributed by atoms with E-state index in [0.29, 0.717) is 0 Å². The molecule has 0 aliphatic rings. The molecule has 0 amide bonds. The molecule has 0 unspecified atom stereocenters. The monoisotopic (exact) mass is 94.0 g/mol. The van der Waals surface area contributed by atoms with Crippen LogP contribution >= 0.6 is 0 Å². The summed E-state index contributed by atoms with van der Waals surface area (Å²) in [4.78, 5) is 0. The first kappa shape index (κ1) is 32.9. The summed E-state index contributed by atoms with van der Waals surface area (Å²) in [6.45, 7) is 0. The molecule has 0 saturated carbocycles. The van der Waals surface area contributed by atoms with Crippen molar-refractivity contribution < 1.29 is 51.3 Å². The Morgan fingerprint density at radius 1 is 1.25 bits per heavy atom. The van der Waals surface area contributed by atoms with Gasteiger partial charge in [0.25, 0.3) is 0 Å². The van der Waals surface area contributed by atoms with E-state index in [1.807, 2.05) is 0 Å². The second-order valence-electron chi connectivity index (χ2n) is 0. The summed E-state index contributed by atoms with van der Waals surface area (Å²) < 4.78 is 0. The Morgan fingerprint density at radius 2 is 1.25 bits per heavy atom. The Morgan fingerprint density at radius 3 is 1.25 bits per heavy atom. The van der Waals surface area contributed by atoms with Crippen LogP contribution in [0.5, 0.6) is 0 Å². The quantitative estimate of drug-likeness (QED) is 0.261. The van der Waals surface area contributed by atoms with Gasteiger partial charge in [-0.15, -0.1) is 0 Å². The topological polar surface area (TPSA) is 0 Å². The number of hydrogen-bond acceptors (Lipinski definition) is 0. The van der Waals surface area contributed by atoms with Gasteiger partial charge < -0.3 is 2.85 Å². The molecule has 4 heavy (non-hydrogen) atoms. The van der Waals surface area contributed by atoms with Gasteiger partial charge in [-0.1, -0.05) is 0 Å². The SMILES string of the molecule is [AlH3].[H-].[H-].[Li+].[Na+].[SiH4]. The summed E-state index contributed by atoms with van der Waals surface area (Å²) in [6.07, 6.45) is 0. The zero-order valence-corrected chi connectivity index (χ0v) is 4.00. The van der Waals surface area contributed by atoms with Crippen molar-refractivity contribution in [1.82, 2.24) is 0 Å². The zero-order valence-electron chi connectivity index (χ0n) is 4.00. The van der Waals surface area contributed by atoms with Gasteiger partial charge in [-0.2, -0.15) is 0 Å². The van der Waals surface area contributed by atoms with E-state index < -0.39 is 0 Å². The molecule has 0 rings (SSSR count). The first-order valence-electron chi connectivity index (χ1n) is 0. The number of rotatable bonds is 0. The maximum atomic E-state index is 0. The molecule has 0 heterocycles. The fraction of sp³-hybridized carbons (Fsp3) is 0. The van der Waals surface area contributed by atoms with Gasteiger partial charge in [0.1, 0.15) is 0 Å². The normalized spacial score (nSPS) is 0. The van der Waals surface area contributed by atoms with Crippen molar-refractivity contribution in [3.63, 3.8) is 0 Å². The molecule has 18 valence electrons. The van der Waals surface area contributed by atoms with Gasteiger partial charge in [0.15, 0.2) is 17.4 Å². The van der Waals surface area contributed by atoms with Crippen LogP contribution in [0.25, 0.3) is 0 Å². The molecule has 0 aromatic heterocycles. The molecule has 0 fully saturated rings. The van der Waals surface area contributed by atoms with Crippen molar-refractivity contribution in [2.45, 2.75) is 0 Å². The first-order valence-corrected chi connectivity index (χ1v) is 0. The maximum Gasteiger partial charge on any atom is 1.00 e. The molecule has 0 nitrogen and oxygen atoms in total. The third-order valence-corrected chi connectivity index (χ3v) is 0. The van der Waals surface area contributed by atoms with Crippen molar-refractivity contribution >= 4 is 28.3 Å². The maximum absolute atomic E-state index is 0. The molecular formula is H9AlLiNaSi. The van der Waals surface area contributed by atoms with Crippen LogP contribution in [0.15, 0.2) is 0 Å². The van der Waals surface area contributed by atoms with Crippen LogP contribution in [-0.4, -0.2) is 28.3 Å². The summed E-state index contributed by atoms with van der Waals surface area (Å²) >= 11 is 0. The van der Waals surface area contributed by atoms with Crippen LogP contribution < -0.4 is 48.4 Å². The minimum Gasteiger partial charge on any atom is -1.00 e. The molecule has 0 aliphatic carbocycles. The van der Waals surface area contributed by atoms with Crippen LogP contribution in [0.4, 0.5) is 0 Å². The predicted molar refractivity (Wildman–Crippen MR) is 23.5 cm³/mol. The van der Waals surface area contributed by atoms with Crippen molar-refractivity contribution in [3.8, 4) is 0 Å². The molecule has 0 aromatic carbocycles. The third kappa shape index (κ3) is 8.84. The van der Waals surface area contributed by atoms with Crippen LogP contribution in [0.2, 0.25) is 0 Å². The molecule has 0 aromatic rings. The van der Waals surface area contributed by atoms with E-state index in [-0.39, 0.29) is 79.6 Å². The van der Waals surface area contributed by atoms with Gasteiger partial charge in [0.05, 0.1) is 0 Å². The van der Waals surface area contributed by atoms with Crippen molar-refractivity contribution in [2.75, 3.05) is 0 Å². The van der Waals surface area contributed by atoms with Gasteiger partial charge in [0.2, 0.25) is 0 Å². The summed E-state index contributed by atoms with van der Waals surface area (Å²) in [7, 11) is 0. The van der Waals surface area contributed by atoms with Gasteiger partial charge in [-0.25, -0.2) is 0 Å². The molecule has 0 N–H and O–H groups in total. The second kappa shape index (κ2) is 18.3. The summed E-state index contributed by atoms with van der Waals surface area (Å²) in [5, 5.41) is 0. The average Bonchev–Trinajstić information content (AvgIpc) is 0. The summed E-state index contributed by atoms with van der Waals surface area (Å²) in [5.41, 5.74) is 0. The Labute approximate surface area is 78.7 Å². The van der Waals surface area contributed by atoms with E-state index in [4.69, 9.17) is 0 Å². The second-order valence-corrected chi connectivity index (χ2v) is 0. The zero-order chi connectivity index (χ0) is 0. The Balaban J connectivity index is 0. The molecule has 0 bridgehead atoms. The Hall–Kier alpha value is 2.35. The van der Waals surface area contributed by atoms with E-state index in [1.54, 1.807) is 0 Å². The van der Waals surface area contributed by atoms with E-state index in [0.717, 1.165) is 0 Å². The third-order valence-electron chi connectivity index (χ3n) is 0. The standard InChI is InChI=1S/Al.Li.Na.H4Si.5H/h;;;1H4;;;;;/q;2*+1;;;;;2*-1. The summed E-state index contributed by atoms with van der Waals surface area (Å²) in [5.74, 6) is 0. The van der Waals surface area contributed by atoms with E-state index in [2.05, 4.69) is 0 Å². The predicted octanol–water partition coefficient (Wildman–Crippen LogP) is -8.40. The largest absolute Gasteiger partial charge is 1.00 e. The molecule has 4 heteroatoms. The first-order chi connectivity index (χ1) is 0. The van der Waals surface area contributed by atoms with Crippen LogP contribution in [0.1, 0.15) is 2.85 Å². The van der Waals surface area contributed by atoms with Crippen LogP contribution in [0, 0.1) is 0 Å². The van der Waals surface area contributed by atoms with Gasteiger partial charge >= 0.3 is 48.4 Å². The average molecular weight is 94.1 g/mol. The van der Waals surface area contributed by atoms with Crippen molar-refractivity contribution in [1.29, 1.82) is 0 Å². The summed E-state index contributed by atoms with van der Waals surface area (Å²) in [6, 6.07) is 0. The van der Waals surface area contributed by atoms with Crippen molar-refractivity contribution in [3.05, 3.63) is 0 Å². The fourth-order valence-electron chi connectivity index (χ4n) is 0. The van der Waals surface area contributed by atoms with Gasteiger partial charge in [-0.05, 0) is 11.0 Å². The van der Waals surface area contributed by atoms with Crippen LogP contribution in [0.3, 0.4) is 0 Å². The molecule has 0 aliphatic heterocycles. The number of hydrogen-bond donors (Lipinski definition) is 0. The minimum atomic E-state index is 0. The molecule has 0 spiro atoms. The van der Waals surface area contributed by atoms with E-state index >= 15 is 0 Å². The van der Waals surface area contributed by atoms with Crippen LogP contribution in [-0.2, 0) is 0 Å². The van der Waals surface area contributed by atoms with Gasteiger partial charge in [0, 0.05) is 0 Å². The molecular weight excluding hydrogens is 85.0 g/mol. The minimum absolute atomic E-state index is 0. The van der Waals surface area contributed by atoms with E-state index in [9.17, 15) is 0 Å². The van der Waals surface area contributed by atoms with E-state index in [1.165, 1.54) is 0 Å². The Kier molecular flexibility index (Phi) is 151. The van der Waals surface area contributed by atoms with Crippen molar-refractivity contribution in [2.24, 2.45) is 0 Å².